The van der Waals surface area contributed by atoms with Gasteiger partial charge in [-0.25, -0.2) is 0 Å². The molecule has 1 aromatic rings. The zero-order valence-electron chi connectivity index (χ0n) is 10.4. The van der Waals surface area contributed by atoms with Gasteiger partial charge in [0, 0.05) is 12.6 Å². The van der Waals surface area contributed by atoms with Crippen LogP contribution >= 0.6 is 0 Å². The van der Waals surface area contributed by atoms with Crippen LogP contribution in [0.4, 0.5) is 5.69 Å². The molecule has 0 aliphatic rings. The van der Waals surface area contributed by atoms with E-state index in [1.54, 1.807) is 6.92 Å². The number of carbonyl (C=O) groups is 1. The van der Waals surface area contributed by atoms with Crippen molar-refractivity contribution in [2.45, 2.75) is 27.2 Å². The number of hydrogen-bond acceptors (Lipinski definition) is 3. The predicted molar refractivity (Wildman–Crippen MR) is 70.0 cm³/mol. The number of ketones is 1. The number of aliphatic hydroxyl groups excluding tert-OH is 1. The molecule has 1 aromatic carbocycles. The third kappa shape index (κ3) is 3.55. The Balaban J connectivity index is 3.04. The van der Waals surface area contributed by atoms with Crippen molar-refractivity contribution in [1.29, 1.82) is 0 Å². The molecule has 0 radical (unpaired) electrons. The smallest absolute Gasteiger partial charge is 0.164 e. The van der Waals surface area contributed by atoms with Crippen molar-refractivity contribution in [2.75, 3.05) is 0 Å². The monoisotopic (exact) mass is 231 g/mol. The number of nitrogens with zero attached hydrogens (tertiary/aromatic N) is 1. The van der Waals surface area contributed by atoms with Gasteiger partial charge in [0.05, 0.1) is 11.3 Å². The molecule has 0 aliphatic carbocycles. The number of hydrogen-bond donors (Lipinski definition) is 1. The summed E-state index contributed by atoms with van der Waals surface area (Å²) in [7, 11) is 0. The first kappa shape index (κ1) is 13.2. The average molecular weight is 231 g/mol. The van der Waals surface area contributed by atoms with E-state index in [4.69, 9.17) is 0 Å². The zero-order chi connectivity index (χ0) is 12.8. The highest BCUT2D eigenvalue weighted by molar-refractivity contribution is 6.13. The van der Waals surface area contributed by atoms with Crippen LogP contribution < -0.4 is 0 Å². The van der Waals surface area contributed by atoms with Crippen LogP contribution in [0.3, 0.4) is 0 Å². The summed E-state index contributed by atoms with van der Waals surface area (Å²) in [6, 6.07) is 7.63. The summed E-state index contributed by atoms with van der Waals surface area (Å²) in [4.78, 5) is 15.6. The lowest BCUT2D eigenvalue weighted by Gasteiger charge is -2.02. The van der Waals surface area contributed by atoms with Crippen LogP contribution in [0.5, 0.6) is 0 Å². The molecule has 0 saturated carbocycles. The van der Waals surface area contributed by atoms with E-state index in [2.05, 4.69) is 4.99 Å². The van der Waals surface area contributed by atoms with E-state index in [-0.39, 0.29) is 17.1 Å². The molecular weight excluding hydrogens is 214 g/mol. The number of rotatable bonds is 4. The molecule has 3 nitrogen and oxygen atoms in total. The molecule has 17 heavy (non-hydrogen) atoms. The lowest BCUT2D eigenvalue weighted by atomic mass is 10.1. The van der Waals surface area contributed by atoms with Crippen LogP contribution in [0.25, 0.3) is 0 Å². The van der Waals surface area contributed by atoms with E-state index in [0.717, 1.165) is 11.3 Å². The third-order valence-corrected chi connectivity index (χ3v) is 2.47. The molecule has 0 saturated heterocycles. The number of allylic oxidation sites excluding steroid dienone is 2. The number of aliphatic hydroxyl groups is 1. The molecule has 1 rings (SSSR count). The van der Waals surface area contributed by atoms with E-state index in [0.29, 0.717) is 6.42 Å². The molecule has 0 atom stereocenters. The topological polar surface area (TPSA) is 49.7 Å². The van der Waals surface area contributed by atoms with E-state index in [9.17, 15) is 9.90 Å². The maximum absolute atomic E-state index is 11.3. The number of Topliss-reactive ketones (excluding diaryl/α,β-unsaturated/α-hetero) is 1. The van der Waals surface area contributed by atoms with Gasteiger partial charge in [-0.2, -0.15) is 0 Å². The Labute approximate surface area is 102 Å². The molecule has 0 aromatic heterocycles. The highest BCUT2D eigenvalue weighted by atomic mass is 16.3. The van der Waals surface area contributed by atoms with Gasteiger partial charge >= 0.3 is 0 Å². The Morgan fingerprint density at radius 3 is 2.59 bits per heavy atom. The van der Waals surface area contributed by atoms with Gasteiger partial charge in [0.15, 0.2) is 5.78 Å². The SMILES string of the molecule is CCC(O)=C(C=Nc1ccccc1C)C(C)=O. The van der Waals surface area contributed by atoms with E-state index in [1.807, 2.05) is 31.2 Å². The van der Waals surface area contributed by atoms with Gasteiger partial charge in [-0.05, 0) is 25.5 Å². The van der Waals surface area contributed by atoms with Crippen LogP contribution in [-0.4, -0.2) is 17.1 Å². The minimum absolute atomic E-state index is 0.0786. The number of benzene rings is 1. The first-order valence-corrected chi connectivity index (χ1v) is 5.59. The van der Waals surface area contributed by atoms with Gasteiger partial charge in [0.1, 0.15) is 5.76 Å². The van der Waals surface area contributed by atoms with Gasteiger partial charge in [-0.3, -0.25) is 9.79 Å². The Morgan fingerprint density at radius 2 is 2.06 bits per heavy atom. The molecule has 0 spiro atoms. The van der Waals surface area contributed by atoms with Crippen molar-refractivity contribution in [2.24, 2.45) is 4.99 Å². The highest BCUT2D eigenvalue weighted by Gasteiger charge is 2.07. The van der Waals surface area contributed by atoms with Crippen molar-refractivity contribution < 1.29 is 9.90 Å². The van der Waals surface area contributed by atoms with E-state index >= 15 is 0 Å². The Kier molecular flexibility index (Phi) is 4.64. The van der Waals surface area contributed by atoms with Gasteiger partial charge in [0.25, 0.3) is 0 Å². The fraction of sp³-hybridized carbons (Fsp3) is 0.286. The normalized spacial score (nSPS) is 12.6. The third-order valence-electron chi connectivity index (χ3n) is 2.47. The molecular formula is C14H17NO2. The number of aliphatic imine (C=N–C) groups is 1. The van der Waals surface area contributed by atoms with Crippen LogP contribution in [0.1, 0.15) is 25.8 Å². The highest BCUT2D eigenvalue weighted by Crippen LogP contribution is 2.17. The van der Waals surface area contributed by atoms with Crippen molar-refractivity contribution in [3.63, 3.8) is 0 Å². The van der Waals surface area contributed by atoms with Gasteiger partial charge in [0.2, 0.25) is 0 Å². The van der Waals surface area contributed by atoms with Crippen LogP contribution in [0.2, 0.25) is 0 Å². The van der Waals surface area contributed by atoms with Crippen LogP contribution in [0.15, 0.2) is 40.6 Å². The molecule has 0 amide bonds. The second-order valence-electron chi connectivity index (χ2n) is 3.81. The molecule has 0 heterocycles. The summed E-state index contributed by atoms with van der Waals surface area (Å²) in [5.41, 5.74) is 2.11. The minimum atomic E-state index is -0.179. The molecule has 3 heteroatoms. The molecule has 0 unspecified atom stereocenters. The maximum Gasteiger partial charge on any atom is 0.164 e. The average Bonchev–Trinajstić information content (AvgIpc) is 2.30. The van der Waals surface area contributed by atoms with E-state index in [1.165, 1.54) is 13.1 Å². The number of carbonyl (C=O) groups excluding carboxylic acids is 1. The Bertz CT molecular complexity index is 473. The molecule has 90 valence electrons. The van der Waals surface area contributed by atoms with Crippen molar-refractivity contribution in [3.8, 4) is 0 Å². The number of para-hydroxylation sites is 1. The van der Waals surface area contributed by atoms with Gasteiger partial charge in [-0.1, -0.05) is 25.1 Å². The predicted octanol–water partition coefficient (Wildman–Crippen LogP) is 3.51. The summed E-state index contributed by atoms with van der Waals surface area (Å²) in [5, 5.41) is 9.60. The van der Waals surface area contributed by atoms with Crippen molar-refractivity contribution in [3.05, 3.63) is 41.2 Å². The summed E-state index contributed by atoms with van der Waals surface area (Å²) in [6.07, 6.45) is 1.86. The Hall–Kier alpha value is -1.90. The van der Waals surface area contributed by atoms with Gasteiger partial charge < -0.3 is 5.11 Å². The lowest BCUT2D eigenvalue weighted by molar-refractivity contribution is -0.113. The minimum Gasteiger partial charge on any atom is -0.512 e. The summed E-state index contributed by atoms with van der Waals surface area (Å²) >= 11 is 0. The first-order valence-electron chi connectivity index (χ1n) is 5.59. The second-order valence-corrected chi connectivity index (χ2v) is 3.81. The largest absolute Gasteiger partial charge is 0.512 e. The fourth-order valence-corrected chi connectivity index (χ4v) is 1.40. The van der Waals surface area contributed by atoms with Crippen molar-refractivity contribution in [1.82, 2.24) is 0 Å². The maximum atomic E-state index is 11.3. The summed E-state index contributed by atoms with van der Waals surface area (Å²) in [6.45, 7) is 5.16. The molecule has 1 N–H and O–H groups in total. The van der Waals surface area contributed by atoms with E-state index < -0.39 is 0 Å². The van der Waals surface area contributed by atoms with Crippen LogP contribution in [-0.2, 0) is 4.79 Å². The summed E-state index contributed by atoms with van der Waals surface area (Å²) < 4.78 is 0. The fourth-order valence-electron chi connectivity index (χ4n) is 1.40. The van der Waals surface area contributed by atoms with Crippen molar-refractivity contribution >= 4 is 17.7 Å². The standard InChI is InChI=1S/C14H17NO2/c1-4-14(17)12(11(3)16)9-15-13-8-6-5-7-10(13)2/h5-9,17H,4H2,1-3H3. The van der Waals surface area contributed by atoms with Gasteiger partial charge in [-0.15, -0.1) is 0 Å². The molecule has 0 bridgehead atoms. The lowest BCUT2D eigenvalue weighted by Crippen LogP contribution is -2.02. The molecule has 0 fully saturated rings. The number of aryl methyl sites for hydroxylation is 1. The molecule has 0 aliphatic heterocycles. The second kappa shape index (κ2) is 5.99. The van der Waals surface area contributed by atoms with Crippen LogP contribution in [0, 0.1) is 6.92 Å². The Morgan fingerprint density at radius 1 is 1.41 bits per heavy atom. The summed E-state index contributed by atoms with van der Waals surface area (Å²) in [5.74, 6) is -0.100. The first-order chi connectivity index (χ1) is 8.06. The quantitative estimate of drug-likeness (QED) is 0.489. The zero-order valence-corrected chi connectivity index (χ0v) is 10.4.